The zero-order valence-electron chi connectivity index (χ0n) is 24.1. The molecule has 1 heterocycles. The average molecular weight is 543 g/mol. The second kappa shape index (κ2) is 11.6. The lowest BCUT2D eigenvalue weighted by Gasteiger charge is -2.70. The van der Waals surface area contributed by atoms with Gasteiger partial charge in [-0.05, 0) is 51.4 Å². The van der Waals surface area contributed by atoms with Gasteiger partial charge in [0.1, 0.15) is 18.8 Å². The number of carbonyl (C=O) groups excluding carboxylic acids is 1. The fourth-order valence-corrected chi connectivity index (χ4v) is 7.94. The molecule has 0 aromatic rings. The first-order valence-electron chi connectivity index (χ1n) is 14.7. The topological polar surface area (TPSA) is 124 Å². The molecule has 0 amide bonds. The van der Waals surface area contributed by atoms with E-state index in [4.69, 9.17) is 23.7 Å². The van der Waals surface area contributed by atoms with Crippen molar-refractivity contribution in [1.82, 2.24) is 0 Å². The summed E-state index contributed by atoms with van der Waals surface area (Å²) < 4.78 is 29.1. The van der Waals surface area contributed by atoms with Crippen LogP contribution in [0.15, 0.2) is 0 Å². The Bertz CT molecular complexity index is 816. The van der Waals surface area contributed by atoms with Crippen LogP contribution in [0.4, 0.5) is 0 Å². The zero-order valence-corrected chi connectivity index (χ0v) is 24.1. The fourth-order valence-electron chi connectivity index (χ4n) is 7.94. The van der Waals surface area contributed by atoms with Crippen molar-refractivity contribution in [3.63, 3.8) is 0 Å². The minimum Gasteiger partial charge on any atom is -0.457 e. The molecule has 4 fully saturated rings. The van der Waals surface area contributed by atoms with Gasteiger partial charge in [-0.1, -0.05) is 53.9 Å². The molecular formula is C29H50O9. The number of hydrogen-bond acceptors (Lipinski definition) is 9. The van der Waals surface area contributed by atoms with E-state index in [1.807, 2.05) is 20.8 Å². The number of hydrogen-bond donors (Lipinski definition) is 3. The van der Waals surface area contributed by atoms with Gasteiger partial charge in [0.15, 0.2) is 25.2 Å². The molecule has 9 nitrogen and oxygen atoms in total. The van der Waals surface area contributed by atoms with Crippen molar-refractivity contribution in [1.29, 1.82) is 0 Å². The molecule has 0 aromatic carbocycles. The van der Waals surface area contributed by atoms with Crippen LogP contribution < -0.4 is 0 Å². The van der Waals surface area contributed by atoms with E-state index >= 15 is 0 Å². The van der Waals surface area contributed by atoms with E-state index in [-0.39, 0.29) is 18.6 Å². The molecule has 220 valence electrons. The van der Waals surface area contributed by atoms with Crippen LogP contribution in [0.2, 0.25) is 0 Å². The lowest BCUT2D eigenvalue weighted by atomic mass is 9.34. The summed E-state index contributed by atoms with van der Waals surface area (Å²) in [5, 5.41) is 32.7. The highest BCUT2D eigenvalue weighted by molar-refractivity contribution is 5.71. The summed E-state index contributed by atoms with van der Waals surface area (Å²) in [5.74, 6) is -0.379. The molecule has 4 aliphatic rings. The molecule has 3 saturated carbocycles. The Labute approximate surface area is 227 Å². The SMILES string of the molecule is CCC(C)(CC(C)C)C(O)OCC(=O)OC1C2OC(O)C3(C(O)OC(C)OC4CCCCC4)CC1(CC)C23. The highest BCUT2D eigenvalue weighted by Gasteiger charge is 2.86. The summed E-state index contributed by atoms with van der Waals surface area (Å²) >= 11 is 0. The number of carbonyl (C=O) groups is 1. The molecule has 0 bridgehead atoms. The van der Waals surface area contributed by atoms with Gasteiger partial charge in [0.25, 0.3) is 0 Å². The van der Waals surface area contributed by atoms with Crippen molar-refractivity contribution < 1.29 is 43.8 Å². The summed E-state index contributed by atoms with van der Waals surface area (Å²) in [5.41, 5.74) is -1.83. The maximum absolute atomic E-state index is 12.8. The van der Waals surface area contributed by atoms with E-state index in [1.54, 1.807) is 6.92 Å². The Morgan fingerprint density at radius 2 is 1.82 bits per heavy atom. The standard InChI is InChI=1S/C29H50O9/c1-7-27(6,14-17(3)4)24(31)34-15-20(30)37-23-21-22-28(23,8-2)16-29(22,26(33)38-21)25(32)36-18(5)35-19-12-10-9-11-13-19/h17-19,21-26,31-33H,7-16H2,1-6H3. The molecule has 10 unspecified atom stereocenters. The van der Waals surface area contributed by atoms with E-state index in [0.29, 0.717) is 18.8 Å². The quantitative estimate of drug-likeness (QED) is 0.222. The van der Waals surface area contributed by atoms with Gasteiger partial charge < -0.3 is 39.0 Å². The molecule has 1 saturated heterocycles. The second-order valence-electron chi connectivity index (χ2n) is 12.9. The third-order valence-electron chi connectivity index (χ3n) is 10.0. The summed E-state index contributed by atoms with van der Waals surface area (Å²) in [6.07, 6.45) is 2.99. The molecule has 9 heteroatoms. The van der Waals surface area contributed by atoms with Crippen LogP contribution in [0, 0.1) is 28.1 Å². The van der Waals surface area contributed by atoms with Crippen LogP contribution in [0.3, 0.4) is 0 Å². The minimum absolute atomic E-state index is 0.130. The summed E-state index contributed by atoms with van der Waals surface area (Å²) in [4.78, 5) is 12.8. The van der Waals surface area contributed by atoms with Crippen molar-refractivity contribution in [2.75, 3.05) is 6.61 Å². The number of esters is 1. The molecule has 3 aliphatic carbocycles. The Hall–Kier alpha value is -0.810. The van der Waals surface area contributed by atoms with Crippen molar-refractivity contribution in [3.05, 3.63) is 0 Å². The molecule has 4 rings (SSSR count). The third-order valence-corrected chi connectivity index (χ3v) is 10.0. The smallest absolute Gasteiger partial charge is 0.332 e. The first-order valence-corrected chi connectivity index (χ1v) is 14.7. The van der Waals surface area contributed by atoms with Crippen molar-refractivity contribution >= 4 is 5.97 Å². The number of ether oxygens (including phenoxy) is 5. The van der Waals surface area contributed by atoms with Crippen LogP contribution in [0.25, 0.3) is 0 Å². The maximum Gasteiger partial charge on any atom is 0.332 e. The monoisotopic (exact) mass is 542 g/mol. The van der Waals surface area contributed by atoms with Gasteiger partial charge >= 0.3 is 5.97 Å². The van der Waals surface area contributed by atoms with E-state index in [0.717, 1.165) is 38.5 Å². The predicted octanol–water partition coefficient (Wildman–Crippen LogP) is 3.86. The molecule has 0 radical (unpaired) electrons. The maximum atomic E-state index is 12.8. The van der Waals surface area contributed by atoms with Gasteiger partial charge in [-0.25, -0.2) is 4.79 Å². The Morgan fingerprint density at radius 3 is 2.42 bits per heavy atom. The number of rotatable bonds is 14. The molecule has 1 aliphatic heterocycles. The van der Waals surface area contributed by atoms with Crippen molar-refractivity contribution in [2.45, 2.75) is 143 Å². The zero-order chi connectivity index (χ0) is 27.9. The minimum atomic E-state index is -1.26. The largest absolute Gasteiger partial charge is 0.457 e. The average Bonchev–Trinajstić information content (AvgIpc) is 2.99. The lowest BCUT2D eigenvalue weighted by molar-refractivity contribution is -0.366. The number of aliphatic hydroxyl groups excluding tert-OH is 3. The molecule has 0 spiro atoms. The second-order valence-corrected chi connectivity index (χ2v) is 12.9. The first-order chi connectivity index (χ1) is 17.9. The van der Waals surface area contributed by atoms with Gasteiger partial charge in [-0.2, -0.15) is 0 Å². The molecule has 10 atom stereocenters. The van der Waals surface area contributed by atoms with Crippen molar-refractivity contribution in [2.24, 2.45) is 28.1 Å². The van der Waals surface area contributed by atoms with Crippen LogP contribution in [0.1, 0.15) is 99.3 Å². The van der Waals surface area contributed by atoms with Crippen LogP contribution >= 0.6 is 0 Å². The van der Waals surface area contributed by atoms with E-state index in [1.165, 1.54) is 6.42 Å². The van der Waals surface area contributed by atoms with Gasteiger partial charge in [0.2, 0.25) is 0 Å². The molecule has 3 N–H and O–H groups in total. The highest BCUT2D eigenvalue weighted by atomic mass is 16.7. The van der Waals surface area contributed by atoms with Gasteiger partial charge in [0.05, 0.1) is 11.5 Å². The van der Waals surface area contributed by atoms with E-state index in [2.05, 4.69) is 13.8 Å². The Morgan fingerprint density at radius 1 is 1.13 bits per heavy atom. The van der Waals surface area contributed by atoms with Crippen LogP contribution in [0.5, 0.6) is 0 Å². The molecule has 38 heavy (non-hydrogen) atoms. The normalized spacial score (nSPS) is 38.5. The highest BCUT2D eigenvalue weighted by Crippen LogP contribution is 2.78. The Balaban J connectivity index is 1.33. The van der Waals surface area contributed by atoms with Gasteiger partial charge in [-0.15, -0.1) is 0 Å². The summed E-state index contributed by atoms with van der Waals surface area (Å²) in [7, 11) is 0. The first kappa shape index (κ1) is 30.2. The Kier molecular flexibility index (Phi) is 9.20. The fraction of sp³-hybridized carbons (Fsp3) is 0.966. The summed E-state index contributed by atoms with van der Waals surface area (Å²) in [6, 6.07) is 0. The van der Waals surface area contributed by atoms with E-state index < -0.39 is 59.6 Å². The van der Waals surface area contributed by atoms with Crippen LogP contribution in [-0.4, -0.2) is 71.4 Å². The summed E-state index contributed by atoms with van der Waals surface area (Å²) in [6.45, 7) is 11.6. The van der Waals surface area contributed by atoms with Crippen LogP contribution in [-0.2, 0) is 28.5 Å². The molecule has 0 aromatic heterocycles. The predicted molar refractivity (Wildman–Crippen MR) is 138 cm³/mol. The van der Waals surface area contributed by atoms with Gasteiger partial charge in [0, 0.05) is 16.7 Å². The van der Waals surface area contributed by atoms with Crippen molar-refractivity contribution in [3.8, 4) is 0 Å². The number of aliphatic hydroxyl groups is 3. The van der Waals surface area contributed by atoms with Gasteiger partial charge in [-0.3, -0.25) is 0 Å². The van der Waals surface area contributed by atoms with E-state index in [9.17, 15) is 20.1 Å². The lowest BCUT2D eigenvalue weighted by Crippen LogP contribution is -2.78. The third kappa shape index (κ3) is 5.17. The molecular weight excluding hydrogens is 492 g/mol.